The van der Waals surface area contributed by atoms with E-state index in [1.165, 1.54) is 12.1 Å². The molecule has 0 saturated carbocycles. The number of ether oxygens (including phenoxy) is 1. The lowest BCUT2D eigenvalue weighted by Gasteiger charge is -2.03. The average molecular weight is 316 g/mol. The highest BCUT2D eigenvalue weighted by Crippen LogP contribution is 2.35. The Morgan fingerprint density at radius 2 is 1.79 bits per heavy atom. The summed E-state index contributed by atoms with van der Waals surface area (Å²) in [4.78, 5) is 12.4. The summed E-state index contributed by atoms with van der Waals surface area (Å²) in [6.45, 7) is 1.94. The number of nitrogens with zero attached hydrogens (tertiary/aromatic N) is 2. The van der Waals surface area contributed by atoms with E-state index in [2.05, 4.69) is 0 Å². The molecule has 3 aromatic rings. The molecule has 0 amide bonds. The van der Waals surface area contributed by atoms with Gasteiger partial charge in [0.2, 0.25) is 0 Å². The zero-order valence-corrected chi connectivity index (χ0v) is 12.9. The number of benzene rings is 2. The van der Waals surface area contributed by atoms with Crippen LogP contribution in [0.3, 0.4) is 0 Å². The molecule has 1 heterocycles. The van der Waals surface area contributed by atoms with E-state index in [-0.39, 0.29) is 23.3 Å². The van der Waals surface area contributed by atoms with Gasteiger partial charge in [-0.15, -0.1) is 0 Å². The fourth-order valence-electron chi connectivity index (χ4n) is 2.53. The van der Waals surface area contributed by atoms with Crippen molar-refractivity contribution in [1.29, 1.82) is 10.5 Å². The van der Waals surface area contributed by atoms with Crippen LogP contribution in [0, 0.1) is 22.7 Å². The first kappa shape index (κ1) is 15.3. The van der Waals surface area contributed by atoms with Crippen LogP contribution in [-0.2, 0) is 4.74 Å². The van der Waals surface area contributed by atoms with E-state index in [0.29, 0.717) is 22.3 Å². The van der Waals surface area contributed by atoms with Gasteiger partial charge in [0.25, 0.3) is 0 Å². The molecule has 5 heteroatoms. The van der Waals surface area contributed by atoms with Crippen LogP contribution in [0.1, 0.15) is 28.4 Å². The maximum atomic E-state index is 12.4. The van der Waals surface area contributed by atoms with Gasteiger partial charge in [-0.25, -0.2) is 4.79 Å². The topological polar surface area (TPSA) is 87.0 Å². The van der Waals surface area contributed by atoms with Crippen molar-refractivity contribution < 1.29 is 13.9 Å². The van der Waals surface area contributed by atoms with Crippen LogP contribution in [-0.4, -0.2) is 12.6 Å². The minimum atomic E-state index is -0.524. The van der Waals surface area contributed by atoms with Crippen molar-refractivity contribution in [2.24, 2.45) is 0 Å². The Bertz CT molecular complexity index is 1000. The molecule has 116 valence electrons. The largest absolute Gasteiger partial charge is 0.462 e. The van der Waals surface area contributed by atoms with Crippen LogP contribution >= 0.6 is 0 Å². The molecule has 5 nitrogen and oxygen atoms in total. The molecule has 3 rings (SSSR count). The summed E-state index contributed by atoms with van der Waals surface area (Å²) in [7, 11) is 0. The normalized spacial score (nSPS) is 10.1. The molecule has 0 atom stereocenters. The van der Waals surface area contributed by atoms with Gasteiger partial charge in [-0.05, 0) is 13.0 Å². The van der Waals surface area contributed by atoms with Crippen LogP contribution in [0.2, 0.25) is 0 Å². The van der Waals surface area contributed by atoms with Gasteiger partial charge in [0.05, 0.1) is 17.7 Å². The number of carbonyl (C=O) groups is 1. The summed E-state index contributed by atoms with van der Waals surface area (Å²) in [5.74, 6) is -0.160. The molecule has 0 radical (unpaired) electrons. The number of rotatable bonds is 3. The van der Waals surface area contributed by atoms with Crippen molar-refractivity contribution in [2.75, 3.05) is 6.61 Å². The first-order valence-electron chi connectivity index (χ1n) is 7.32. The summed E-state index contributed by atoms with van der Waals surface area (Å²) >= 11 is 0. The van der Waals surface area contributed by atoms with Gasteiger partial charge < -0.3 is 9.15 Å². The SMILES string of the molecule is CCOC(=O)c1c(-c2ccccc2)oc2cc(C#N)c(C#N)cc12. The van der Waals surface area contributed by atoms with E-state index in [0.717, 1.165) is 0 Å². The molecular formula is C19H12N2O3. The van der Waals surface area contributed by atoms with Gasteiger partial charge in [0.15, 0.2) is 0 Å². The lowest BCUT2D eigenvalue weighted by Crippen LogP contribution is -2.05. The molecule has 0 aliphatic heterocycles. The van der Waals surface area contributed by atoms with Crippen molar-refractivity contribution in [2.45, 2.75) is 6.92 Å². The van der Waals surface area contributed by atoms with Crippen LogP contribution in [0.15, 0.2) is 46.9 Å². The van der Waals surface area contributed by atoms with Gasteiger partial charge in [0.1, 0.15) is 29.0 Å². The lowest BCUT2D eigenvalue weighted by atomic mass is 10.0. The molecule has 1 aromatic heterocycles. The Balaban J connectivity index is 2.35. The van der Waals surface area contributed by atoms with E-state index >= 15 is 0 Å². The number of hydrogen-bond donors (Lipinski definition) is 0. The molecule has 0 bridgehead atoms. The molecule has 0 fully saturated rings. The van der Waals surface area contributed by atoms with Crippen molar-refractivity contribution in [3.8, 4) is 23.5 Å². The fraction of sp³-hybridized carbons (Fsp3) is 0.105. The van der Waals surface area contributed by atoms with Crippen LogP contribution < -0.4 is 0 Å². The third-order valence-corrected chi connectivity index (χ3v) is 3.58. The lowest BCUT2D eigenvalue weighted by molar-refractivity contribution is 0.0529. The van der Waals surface area contributed by atoms with Gasteiger partial charge in [-0.2, -0.15) is 10.5 Å². The third kappa shape index (κ3) is 2.49. The number of carbonyl (C=O) groups excluding carboxylic acids is 1. The first-order chi connectivity index (χ1) is 11.7. The minimum absolute atomic E-state index is 0.191. The average Bonchev–Trinajstić information content (AvgIpc) is 2.99. The summed E-state index contributed by atoms with van der Waals surface area (Å²) in [6.07, 6.45) is 0. The Kier molecular flexibility index (Phi) is 4.01. The first-order valence-corrected chi connectivity index (χ1v) is 7.32. The number of fused-ring (bicyclic) bond motifs is 1. The Labute approximate surface area is 138 Å². The van der Waals surface area contributed by atoms with Crippen LogP contribution in [0.5, 0.6) is 0 Å². The van der Waals surface area contributed by atoms with Crippen molar-refractivity contribution in [3.05, 3.63) is 59.2 Å². The highest BCUT2D eigenvalue weighted by Gasteiger charge is 2.24. The Hall–Kier alpha value is -3.57. The van der Waals surface area contributed by atoms with Crippen molar-refractivity contribution >= 4 is 16.9 Å². The number of furan rings is 1. The Morgan fingerprint density at radius 3 is 2.42 bits per heavy atom. The van der Waals surface area contributed by atoms with E-state index in [1.807, 2.05) is 42.5 Å². The van der Waals surface area contributed by atoms with Gasteiger partial charge in [0, 0.05) is 17.0 Å². The summed E-state index contributed by atoms with van der Waals surface area (Å²) in [5.41, 5.74) is 1.74. The second kappa shape index (κ2) is 6.28. The van der Waals surface area contributed by atoms with E-state index in [9.17, 15) is 10.1 Å². The minimum Gasteiger partial charge on any atom is -0.462 e. The number of hydrogen-bond acceptors (Lipinski definition) is 5. The molecule has 0 unspecified atom stereocenters. The third-order valence-electron chi connectivity index (χ3n) is 3.58. The smallest absolute Gasteiger partial charge is 0.342 e. The highest BCUT2D eigenvalue weighted by molar-refractivity contribution is 6.09. The highest BCUT2D eigenvalue weighted by atomic mass is 16.5. The fourth-order valence-corrected chi connectivity index (χ4v) is 2.53. The van der Waals surface area contributed by atoms with Crippen LogP contribution in [0.4, 0.5) is 0 Å². The van der Waals surface area contributed by atoms with Gasteiger partial charge in [-0.1, -0.05) is 30.3 Å². The zero-order chi connectivity index (χ0) is 17.1. The molecule has 2 aromatic carbocycles. The predicted molar refractivity (Wildman–Crippen MR) is 87.0 cm³/mol. The van der Waals surface area contributed by atoms with Crippen molar-refractivity contribution in [3.63, 3.8) is 0 Å². The van der Waals surface area contributed by atoms with Crippen molar-refractivity contribution in [1.82, 2.24) is 0 Å². The van der Waals surface area contributed by atoms with Gasteiger partial charge >= 0.3 is 5.97 Å². The molecule has 0 spiro atoms. The maximum Gasteiger partial charge on any atom is 0.342 e. The molecule has 0 N–H and O–H groups in total. The second-order valence-corrected chi connectivity index (χ2v) is 5.01. The van der Waals surface area contributed by atoms with Gasteiger partial charge in [-0.3, -0.25) is 0 Å². The van der Waals surface area contributed by atoms with E-state index < -0.39 is 5.97 Å². The quantitative estimate of drug-likeness (QED) is 0.681. The summed E-state index contributed by atoms with van der Waals surface area (Å²) < 4.78 is 11.0. The number of esters is 1. The molecule has 0 aliphatic rings. The molecular weight excluding hydrogens is 304 g/mol. The monoisotopic (exact) mass is 316 g/mol. The summed E-state index contributed by atoms with van der Waals surface area (Å²) in [5, 5.41) is 18.8. The second-order valence-electron chi connectivity index (χ2n) is 5.01. The molecule has 0 aliphatic carbocycles. The molecule has 0 saturated heterocycles. The zero-order valence-electron chi connectivity index (χ0n) is 12.9. The maximum absolute atomic E-state index is 12.4. The molecule has 24 heavy (non-hydrogen) atoms. The number of nitriles is 2. The summed E-state index contributed by atoms with van der Waals surface area (Å²) in [6, 6.07) is 16.1. The van der Waals surface area contributed by atoms with E-state index in [1.54, 1.807) is 6.92 Å². The Morgan fingerprint density at radius 1 is 1.12 bits per heavy atom. The standard InChI is InChI=1S/C19H12N2O3/c1-2-23-19(22)17-15-8-13(10-20)14(11-21)9-16(15)24-18(17)12-6-4-3-5-7-12/h3-9H,2H2,1H3. The van der Waals surface area contributed by atoms with Crippen LogP contribution in [0.25, 0.3) is 22.3 Å². The predicted octanol–water partition coefficient (Wildman–Crippen LogP) is 4.02. The van der Waals surface area contributed by atoms with E-state index in [4.69, 9.17) is 14.4 Å².